The number of methoxy groups -OCH3 is 1. The molecule has 0 aliphatic carbocycles. The second-order valence-corrected chi connectivity index (χ2v) is 5.53. The van der Waals surface area contributed by atoms with Gasteiger partial charge in [0.2, 0.25) is 5.91 Å². The first kappa shape index (κ1) is 16.0. The van der Waals surface area contributed by atoms with Crippen molar-refractivity contribution in [3.8, 4) is 5.75 Å². The number of amides is 1. The fourth-order valence-electron chi connectivity index (χ4n) is 2.41. The van der Waals surface area contributed by atoms with Crippen molar-refractivity contribution in [1.82, 2.24) is 9.88 Å². The molecule has 0 atom stereocenters. The average molecular weight is 329 g/mol. The third kappa shape index (κ3) is 3.11. The van der Waals surface area contributed by atoms with Gasteiger partial charge in [0.05, 0.1) is 17.6 Å². The Balaban J connectivity index is 2.51. The van der Waals surface area contributed by atoms with E-state index in [0.717, 1.165) is 29.4 Å². The minimum atomic E-state index is -0.0344. The Morgan fingerprint density at radius 2 is 2.10 bits per heavy atom. The lowest BCUT2D eigenvalue weighted by Gasteiger charge is -2.09. The van der Waals surface area contributed by atoms with E-state index >= 15 is 0 Å². The van der Waals surface area contributed by atoms with Crippen molar-refractivity contribution >= 4 is 40.0 Å². The number of aryl methyl sites for hydroxylation is 1. The molecule has 1 N–H and O–H groups in total. The van der Waals surface area contributed by atoms with Crippen molar-refractivity contribution in [1.29, 1.82) is 0 Å². The monoisotopic (exact) mass is 328 g/mol. The van der Waals surface area contributed by atoms with Gasteiger partial charge >= 0.3 is 0 Å². The number of rotatable bonds is 5. The smallest absolute Gasteiger partial charge is 0.216 e. The molecule has 21 heavy (non-hydrogen) atoms. The van der Waals surface area contributed by atoms with Crippen LogP contribution in [-0.2, 0) is 17.8 Å². The molecule has 0 spiro atoms. The topological polar surface area (TPSA) is 43.3 Å². The molecule has 114 valence electrons. The molecule has 0 unspecified atom stereocenters. The number of benzene rings is 1. The van der Waals surface area contributed by atoms with Gasteiger partial charge in [-0.05, 0) is 25.0 Å². The predicted octanol–water partition coefficient (Wildman–Crippen LogP) is 3.66. The number of fused-ring (bicyclic) bond motifs is 1. The lowest BCUT2D eigenvalue weighted by atomic mass is 10.1. The average Bonchev–Trinajstić information content (AvgIpc) is 2.80. The highest BCUT2D eigenvalue weighted by Crippen LogP contribution is 2.40. The number of carbonyl (C=O) groups is 1. The van der Waals surface area contributed by atoms with Crippen molar-refractivity contribution < 1.29 is 9.53 Å². The molecule has 2 rings (SSSR count). The van der Waals surface area contributed by atoms with Gasteiger partial charge in [-0.2, -0.15) is 0 Å². The summed E-state index contributed by atoms with van der Waals surface area (Å²) < 4.78 is 7.34. The van der Waals surface area contributed by atoms with E-state index in [-0.39, 0.29) is 5.91 Å². The van der Waals surface area contributed by atoms with Crippen molar-refractivity contribution in [2.24, 2.45) is 0 Å². The minimum absolute atomic E-state index is 0.0344. The van der Waals surface area contributed by atoms with Gasteiger partial charge in [-0.15, -0.1) is 0 Å². The highest BCUT2D eigenvalue weighted by Gasteiger charge is 2.17. The number of halogens is 2. The molecule has 1 heterocycles. The van der Waals surface area contributed by atoms with E-state index in [1.165, 1.54) is 6.92 Å². The number of nitrogens with zero attached hydrogens (tertiary/aromatic N) is 1. The van der Waals surface area contributed by atoms with Gasteiger partial charge in [0, 0.05) is 31.6 Å². The van der Waals surface area contributed by atoms with E-state index in [9.17, 15) is 4.79 Å². The van der Waals surface area contributed by atoms with Crippen LogP contribution < -0.4 is 10.1 Å². The highest BCUT2D eigenvalue weighted by atomic mass is 35.5. The summed E-state index contributed by atoms with van der Waals surface area (Å²) >= 11 is 12.6. The Hall–Kier alpha value is -1.39. The zero-order valence-electron chi connectivity index (χ0n) is 12.3. The SMILES string of the molecule is CCn1cc(CCNC(C)=O)c2cc(OC)c(Cl)c(Cl)c21. The van der Waals surface area contributed by atoms with E-state index < -0.39 is 0 Å². The van der Waals surface area contributed by atoms with Crippen molar-refractivity contribution in [2.75, 3.05) is 13.7 Å². The fraction of sp³-hybridized carbons (Fsp3) is 0.400. The summed E-state index contributed by atoms with van der Waals surface area (Å²) in [5.41, 5.74) is 2.01. The lowest BCUT2D eigenvalue weighted by molar-refractivity contribution is -0.118. The third-order valence-corrected chi connectivity index (χ3v) is 4.26. The van der Waals surface area contributed by atoms with Crippen LogP contribution >= 0.6 is 23.2 Å². The molecule has 1 aromatic carbocycles. The van der Waals surface area contributed by atoms with E-state index in [4.69, 9.17) is 27.9 Å². The molecule has 0 saturated carbocycles. The molecule has 0 aliphatic rings. The number of carbonyl (C=O) groups excluding carboxylic acids is 1. The van der Waals surface area contributed by atoms with Crippen LogP contribution in [0.4, 0.5) is 0 Å². The molecule has 0 saturated heterocycles. The molecule has 1 aromatic heterocycles. The van der Waals surface area contributed by atoms with Crippen LogP contribution in [0.1, 0.15) is 19.4 Å². The molecule has 0 bridgehead atoms. The van der Waals surface area contributed by atoms with Gasteiger partial charge in [-0.25, -0.2) is 0 Å². The Morgan fingerprint density at radius 1 is 1.38 bits per heavy atom. The first-order chi connectivity index (χ1) is 9.99. The standard InChI is InChI=1S/C15H18Cl2N2O2/c1-4-19-8-10(5-6-18-9(2)20)11-7-12(21-3)13(16)14(17)15(11)19/h7-8H,4-6H2,1-3H3,(H,18,20). The van der Waals surface area contributed by atoms with Gasteiger partial charge < -0.3 is 14.6 Å². The summed E-state index contributed by atoms with van der Waals surface area (Å²) in [6, 6.07) is 1.90. The van der Waals surface area contributed by atoms with Crippen molar-refractivity contribution in [3.63, 3.8) is 0 Å². The van der Waals surface area contributed by atoms with Crippen LogP contribution in [0.2, 0.25) is 10.0 Å². The van der Waals surface area contributed by atoms with Crippen molar-refractivity contribution in [2.45, 2.75) is 26.8 Å². The molecule has 2 aromatic rings. The Kier molecular flexibility index (Phi) is 5.01. The third-order valence-electron chi connectivity index (χ3n) is 3.42. The van der Waals surface area contributed by atoms with Crippen LogP contribution in [0.5, 0.6) is 5.75 Å². The summed E-state index contributed by atoms with van der Waals surface area (Å²) in [6.45, 7) is 4.93. The minimum Gasteiger partial charge on any atom is -0.495 e. The molecule has 6 heteroatoms. The quantitative estimate of drug-likeness (QED) is 0.910. The zero-order chi connectivity index (χ0) is 15.6. The summed E-state index contributed by atoms with van der Waals surface area (Å²) in [4.78, 5) is 11.0. The lowest BCUT2D eigenvalue weighted by Crippen LogP contribution is -2.22. The van der Waals surface area contributed by atoms with Crippen LogP contribution in [0.25, 0.3) is 10.9 Å². The molecular formula is C15H18Cl2N2O2. The van der Waals surface area contributed by atoms with E-state index in [1.807, 2.05) is 19.2 Å². The molecule has 1 amide bonds. The van der Waals surface area contributed by atoms with E-state index in [1.54, 1.807) is 7.11 Å². The Morgan fingerprint density at radius 3 is 2.67 bits per heavy atom. The summed E-state index contributed by atoms with van der Waals surface area (Å²) in [6.07, 6.45) is 2.78. The number of hydrogen-bond acceptors (Lipinski definition) is 2. The normalized spacial score (nSPS) is 10.9. The number of hydrogen-bond donors (Lipinski definition) is 1. The summed E-state index contributed by atoms with van der Waals surface area (Å²) in [5.74, 6) is 0.525. The molecule has 4 nitrogen and oxygen atoms in total. The van der Waals surface area contributed by atoms with E-state index in [0.29, 0.717) is 22.3 Å². The molecule has 0 fully saturated rings. The molecule has 0 radical (unpaired) electrons. The first-order valence-corrected chi connectivity index (χ1v) is 7.53. The number of ether oxygens (including phenoxy) is 1. The van der Waals surface area contributed by atoms with Gasteiger partial charge in [0.25, 0.3) is 0 Å². The largest absolute Gasteiger partial charge is 0.495 e. The van der Waals surface area contributed by atoms with Gasteiger partial charge in [0.1, 0.15) is 10.8 Å². The van der Waals surface area contributed by atoms with Gasteiger partial charge in [0.15, 0.2) is 0 Å². The summed E-state index contributed by atoms with van der Waals surface area (Å²) in [5, 5.41) is 4.73. The predicted molar refractivity (Wildman–Crippen MR) is 86.6 cm³/mol. The maximum Gasteiger partial charge on any atom is 0.216 e. The zero-order valence-corrected chi connectivity index (χ0v) is 13.8. The van der Waals surface area contributed by atoms with Crippen LogP contribution in [-0.4, -0.2) is 24.1 Å². The number of nitrogens with one attached hydrogen (secondary N) is 1. The Labute approximate surface area is 134 Å². The maximum atomic E-state index is 11.0. The molecular weight excluding hydrogens is 311 g/mol. The van der Waals surface area contributed by atoms with E-state index in [2.05, 4.69) is 9.88 Å². The molecule has 0 aliphatic heterocycles. The number of aromatic nitrogens is 1. The van der Waals surface area contributed by atoms with Gasteiger partial charge in [-0.3, -0.25) is 4.79 Å². The highest BCUT2D eigenvalue weighted by molar-refractivity contribution is 6.46. The second kappa shape index (κ2) is 6.58. The fourth-order valence-corrected chi connectivity index (χ4v) is 2.94. The second-order valence-electron chi connectivity index (χ2n) is 4.78. The maximum absolute atomic E-state index is 11.0. The van der Waals surface area contributed by atoms with Crippen LogP contribution in [0.15, 0.2) is 12.3 Å². The summed E-state index contributed by atoms with van der Waals surface area (Å²) in [7, 11) is 1.57. The van der Waals surface area contributed by atoms with Gasteiger partial charge in [-0.1, -0.05) is 23.2 Å². The van der Waals surface area contributed by atoms with Crippen LogP contribution in [0, 0.1) is 0 Å². The first-order valence-electron chi connectivity index (χ1n) is 6.77. The Bertz CT molecular complexity index is 680. The van der Waals surface area contributed by atoms with Crippen LogP contribution in [0.3, 0.4) is 0 Å². The van der Waals surface area contributed by atoms with Crippen molar-refractivity contribution in [3.05, 3.63) is 27.9 Å².